The van der Waals surface area contributed by atoms with Crippen LogP contribution in [0.2, 0.25) is 0 Å². The molecule has 1 amide bonds. The van der Waals surface area contributed by atoms with E-state index in [1.807, 2.05) is 6.07 Å². The predicted octanol–water partition coefficient (Wildman–Crippen LogP) is 3.01. The lowest BCUT2D eigenvalue weighted by Gasteiger charge is -2.34. The van der Waals surface area contributed by atoms with E-state index >= 15 is 0 Å². The number of ether oxygens (including phenoxy) is 2. The van der Waals surface area contributed by atoms with E-state index < -0.39 is 0 Å². The fraction of sp³-hybridized carbons (Fsp3) is 0.611. The molecule has 1 aliphatic heterocycles. The molecule has 2 rings (SSSR count). The Bertz CT molecular complexity index is 523. The van der Waals surface area contributed by atoms with E-state index in [9.17, 15) is 4.79 Å². The third-order valence-electron chi connectivity index (χ3n) is 4.28. The average Bonchev–Trinajstić information content (AvgIpc) is 2.52. The number of nitrogens with zero attached hydrogens (tertiary/aromatic N) is 1. The SMILES string of the molecule is COc1ccc(NC(=O)CCN2C[C@@H](C)C[C@H](C)C2)c(OC)c1. The summed E-state index contributed by atoms with van der Waals surface area (Å²) in [5.41, 5.74) is 0.679. The highest BCUT2D eigenvalue weighted by atomic mass is 16.5. The van der Waals surface area contributed by atoms with Crippen LogP contribution in [0.15, 0.2) is 18.2 Å². The maximum absolute atomic E-state index is 12.2. The quantitative estimate of drug-likeness (QED) is 0.875. The minimum Gasteiger partial charge on any atom is -0.497 e. The van der Waals surface area contributed by atoms with Gasteiger partial charge in [-0.1, -0.05) is 13.8 Å². The summed E-state index contributed by atoms with van der Waals surface area (Å²) < 4.78 is 10.5. The Morgan fingerprint density at radius 1 is 1.22 bits per heavy atom. The van der Waals surface area contributed by atoms with E-state index in [1.54, 1.807) is 26.4 Å². The second-order valence-corrected chi connectivity index (χ2v) is 6.57. The number of benzene rings is 1. The van der Waals surface area contributed by atoms with Gasteiger partial charge >= 0.3 is 0 Å². The van der Waals surface area contributed by atoms with Gasteiger partial charge in [-0.2, -0.15) is 0 Å². The second-order valence-electron chi connectivity index (χ2n) is 6.57. The molecule has 0 saturated carbocycles. The molecule has 1 aromatic rings. The lowest BCUT2D eigenvalue weighted by molar-refractivity contribution is -0.116. The third-order valence-corrected chi connectivity index (χ3v) is 4.28. The van der Waals surface area contributed by atoms with Crippen LogP contribution in [0.3, 0.4) is 0 Å². The van der Waals surface area contributed by atoms with Crippen LogP contribution in [0, 0.1) is 11.8 Å². The molecule has 1 heterocycles. The summed E-state index contributed by atoms with van der Waals surface area (Å²) in [4.78, 5) is 14.6. The van der Waals surface area contributed by atoms with Gasteiger partial charge in [-0.15, -0.1) is 0 Å². The highest BCUT2D eigenvalue weighted by Crippen LogP contribution is 2.29. The van der Waals surface area contributed by atoms with E-state index in [0.29, 0.717) is 35.4 Å². The number of carbonyl (C=O) groups is 1. The highest BCUT2D eigenvalue weighted by molar-refractivity contribution is 5.92. The smallest absolute Gasteiger partial charge is 0.225 e. The highest BCUT2D eigenvalue weighted by Gasteiger charge is 2.22. The van der Waals surface area contributed by atoms with E-state index in [4.69, 9.17) is 9.47 Å². The van der Waals surface area contributed by atoms with Crippen LogP contribution in [-0.2, 0) is 4.79 Å². The number of nitrogens with one attached hydrogen (secondary N) is 1. The van der Waals surface area contributed by atoms with Gasteiger partial charge < -0.3 is 19.7 Å². The molecule has 0 aromatic heterocycles. The van der Waals surface area contributed by atoms with Crippen molar-refractivity contribution in [2.24, 2.45) is 11.8 Å². The van der Waals surface area contributed by atoms with Crippen molar-refractivity contribution in [3.63, 3.8) is 0 Å². The van der Waals surface area contributed by atoms with Crippen LogP contribution in [-0.4, -0.2) is 44.7 Å². The number of likely N-dealkylation sites (tertiary alicyclic amines) is 1. The molecule has 23 heavy (non-hydrogen) atoms. The van der Waals surface area contributed by atoms with Gasteiger partial charge in [0.25, 0.3) is 0 Å². The largest absolute Gasteiger partial charge is 0.497 e. The summed E-state index contributed by atoms with van der Waals surface area (Å²) in [6.45, 7) is 7.54. The Kier molecular flexibility index (Phi) is 6.28. The Morgan fingerprint density at radius 3 is 2.52 bits per heavy atom. The van der Waals surface area contributed by atoms with Crippen molar-refractivity contribution in [2.75, 3.05) is 39.2 Å². The topological polar surface area (TPSA) is 50.8 Å². The van der Waals surface area contributed by atoms with Crippen molar-refractivity contribution in [3.05, 3.63) is 18.2 Å². The summed E-state index contributed by atoms with van der Waals surface area (Å²) in [7, 11) is 3.19. The van der Waals surface area contributed by atoms with Gasteiger partial charge in [0.15, 0.2) is 0 Å². The van der Waals surface area contributed by atoms with E-state index in [0.717, 1.165) is 19.6 Å². The molecule has 0 bridgehead atoms. The molecule has 1 saturated heterocycles. The first-order valence-corrected chi connectivity index (χ1v) is 8.26. The summed E-state index contributed by atoms with van der Waals surface area (Å²) in [5, 5.41) is 2.93. The van der Waals surface area contributed by atoms with Gasteiger partial charge in [0.2, 0.25) is 5.91 Å². The van der Waals surface area contributed by atoms with Gasteiger partial charge in [0.05, 0.1) is 19.9 Å². The van der Waals surface area contributed by atoms with Gasteiger partial charge in [-0.05, 0) is 30.4 Å². The minimum atomic E-state index is 0.0133. The van der Waals surface area contributed by atoms with Crippen LogP contribution in [0.5, 0.6) is 11.5 Å². The van der Waals surface area contributed by atoms with E-state index in [-0.39, 0.29) is 5.91 Å². The standard InChI is InChI=1S/C18H28N2O3/c1-13-9-14(2)12-20(11-13)8-7-18(21)19-16-6-5-15(22-3)10-17(16)23-4/h5-6,10,13-14H,7-9,11-12H2,1-4H3,(H,19,21)/t13-,14-/m0/s1. The minimum absolute atomic E-state index is 0.0133. The molecule has 0 spiro atoms. The molecule has 5 heteroatoms. The molecule has 0 radical (unpaired) electrons. The molecule has 1 aromatic carbocycles. The summed E-state index contributed by atoms with van der Waals surface area (Å²) in [6, 6.07) is 5.39. The van der Waals surface area contributed by atoms with E-state index in [1.165, 1.54) is 6.42 Å². The molecule has 0 aliphatic carbocycles. The summed E-state index contributed by atoms with van der Waals surface area (Å²) in [6.07, 6.45) is 1.78. The Hall–Kier alpha value is -1.75. The first-order valence-electron chi connectivity index (χ1n) is 8.26. The maximum Gasteiger partial charge on any atom is 0.225 e. The van der Waals surface area contributed by atoms with Crippen molar-refractivity contribution >= 4 is 11.6 Å². The van der Waals surface area contributed by atoms with Crippen LogP contribution in [0.4, 0.5) is 5.69 Å². The van der Waals surface area contributed by atoms with Crippen LogP contribution < -0.4 is 14.8 Å². The zero-order valence-electron chi connectivity index (χ0n) is 14.6. The normalized spacial score (nSPS) is 21.7. The molecule has 1 fully saturated rings. The van der Waals surface area contributed by atoms with Crippen molar-refractivity contribution < 1.29 is 14.3 Å². The van der Waals surface area contributed by atoms with Crippen molar-refractivity contribution in [1.29, 1.82) is 0 Å². The predicted molar refractivity (Wildman–Crippen MR) is 92.2 cm³/mol. The molecule has 128 valence electrons. The molecule has 5 nitrogen and oxygen atoms in total. The lowest BCUT2D eigenvalue weighted by Crippen LogP contribution is -2.40. The molecule has 0 unspecified atom stereocenters. The van der Waals surface area contributed by atoms with Crippen LogP contribution >= 0.6 is 0 Å². The first-order chi connectivity index (χ1) is 11.0. The fourth-order valence-electron chi connectivity index (χ4n) is 3.35. The van der Waals surface area contributed by atoms with E-state index in [2.05, 4.69) is 24.1 Å². The Labute approximate surface area is 139 Å². The van der Waals surface area contributed by atoms with Gasteiger partial charge in [-0.25, -0.2) is 0 Å². The number of rotatable bonds is 6. The second kappa shape index (κ2) is 8.20. The van der Waals surface area contributed by atoms with Crippen molar-refractivity contribution in [1.82, 2.24) is 4.90 Å². The monoisotopic (exact) mass is 320 g/mol. The van der Waals surface area contributed by atoms with Gasteiger partial charge in [0, 0.05) is 32.1 Å². The number of piperidine rings is 1. The number of methoxy groups -OCH3 is 2. The fourth-order valence-corrected chi connectivity index (χ4v) is 3.35. The zero-order chi connectivity index (χ0) is 16.8. The number of hydrogen-bond donors (Lipinski definition) is 1. The molecular formula is C18H28N2O3. The number of hydrogen-bond acceptors (Lipinski definition) is 4. The lowest BCUT2D eigenvalue weighted by atomic mass is 9.92. The average molecular weight is 320 g/mol. The first kappa shape index (κ1) is 17.6. The zero-order valence-corrected chi connectivity index (χ0v) is 14.6. The molecule has 1 N–H and O–H groups in total. The van der Waals surface area contributed by atoms with Crippen LogP contribution in [0.25, 0.3) is 0 Å². The molecule has 1 aliphatic rings. The van der Waals surface area contributed by atoms with Gasteiger partial charge in [0.1, 0.15) is 11.5 Å². The Morgan fingerprint density at radius 2 is 1.91 bits per heavy atom. The third kappa shape index (κ3) is 5.13. The molecule has 2 atom stereocenters. The maximum atomic E-state index is 12.2. The number of carbonyl (C=O) groups excluding carboxylic acids is 1. The number of amides is 1. The van der Waals surface area contributed by atoms with Gasteiger partial charge in [-0.3, -0.25) is 4.79 Å². The number of anilines is 1. The molecular weight excluding hydrogens is 292 g/mol. The van der Waals surface area contributed by atoms with Crippen molar-refractivity contribution in [3.8, 4) is 11.5 Å². The summed E-state index contributed by atoms with van der Waals surface area (Å²) >= 11 is 0. The summed E-state index contributed by atoms with van der Waals surface area (Å²) in [5.74, 6) is 2.75. The Balaban J connectivity index is 1.87. The van der Waals surface area contributed by atoms with Crippen molar-refractivity contribution in [2.45, 2.75) is 26.7 Å². The van der Waals surface area contributed by atoms with Crippen LogP contribution in [0.1, 0.15) is 26.7 Å².